The zero-order valence-electron chi connectivity index (χ0n) is 69.7. The first-order valence-corrected chi connectivity index (χ1v) is 44.7. The lowest BCUT2D eigenvalue weighted by atomic mass is 9.80. The molecule has 0 aliphatic carbocycles. The van der Waals surface area contributed by atoms with Crippen LogP contribution >= 0.6 is 0 Å². The molecule has 0 amide bonds. The van der Waals surface area contributed by atoms with Crippen molar-refractivity contribution < 1.29 is 59.6 Å². The van der Waals surface area contributed by atoms with Gasteiger partial charge in [0.15, 0.2) is 34.5 Å². The van der Waals surface area contributed by atoms with Gasteiger partial charge in [0.2, 0.25) is 0 Å². The summed E-state index contributed by atoms with van der Waals surface area (Å²) in [7, 11) is 6.39. The minimum absolute atomic E-state index is 0. The molecule has 4 aromatic carbocycles. The van der Waals surface area contributed by atoms with Crippen LogP contribution < -0.4 is 33.7 Å². The molecule has 6 heterocycles. The van der Waals surface area contributed by atoms with Crippen LogP contribution in [0.15, 0.2) is 65.6 Å². The monoisotopic (exact) mass is 1550 g/mol. The van der Waals surface area contributed by atoms with Gasteiger partial charge in [-0.3, -0.25) is 18.9 Å². The molecule has 0 saturated carbocycles. The topological polar surface area (TPSA) is 148 Å². The summed E-state index contributed by atoms with van der Waals surface area (Å²) < 4.78 is 95.7. The van der Waals surface area contributed by atoms with Gasteiger partial charge in [0.05, 0.1) is 92.3 Å². The molecule has 16 nitrogen and oxygen atoms in total. The molecule has 0 unspecified atom stereocenters. The van der Waals surface area contributed by atoms with E-state index in [9.17, 15) is 12.8 Å². The second kappa shape index (κ2) is 51.2. The molecule has 0 radical (unpaired) electrons. The number of alkyl halides is 1. The van der Waals surface area contributed by atoms with Gasteiger partial charge in [0.1, 0.15) is 6.67 Å². The Kier molecular flexibility index (Phi) is 43.1. The van der Waals surface area contributed by atoms with Crippen LogP contribution in [0.5, 0.6) is 34.5 Å². The third-order valence-electron chi connectivity index (χ3n) is 24.4. The van der Waals surface area contributed by atoms with Crippen molar-refractivity contribution in [2.24, 2.45) is 17.8 Å². The molecule has 18 heteroatoms. The van der Waals surface area contributed by atoms with Crippen molar-refractivity contribution in [1.82, 2.24) is 20.0 Å². The second-order valence-corrected chi connectivity index (χ2v) is 33.6. The van der Waals surface area contributed by atoms with Gasteiger partial charge in [-0.1, -0.05) is 207 Å². The van der Waals surface area contributed by atoms with E-state index < -0.39 is 16.8 Å². The van der Waals surface area contributed by atoms with E-state index in [0.717, 1.165) is 144 Å². The van der Waals surface area contributed by atoms with Gasteiger partial charge in [-0.25, -0.2) is 4.39 Å². The number of fused-ring (bicyclic) bond motifs is 9. The molecule has 110 heavy (non-hydrogen) atoms. The minimum atomic E-state index is -3.80. The van der Waals surface area contributed by atoms with Crippen molar-refractivity contribution in [1.29, 1.82) is 0 Å². The maximum Gasteiger partial charge on any atom is 0.297 e. The number of piperidine rings is 3. The Morgan fingerprint density at radius 2 is 0.718 bits per heavy atom. The van der Waals surface area contributed by atoms with Crippen LogP contribution in [0.2, 0.25) is 0 Å². The maximum atomic E-state index is 12.8. The third-order valence-corrected chi connectivity index (χ3v) is 25.7. The molecule has 0 spiro atoms. The molecule has 10 rings (SSSR count). The molecule has 0 bridgehead atoms. The number of nitrogens with zero attached hydrogens (tertiary/aromatic N) is 3. The Hall–Kier alpha value is -4.76. The largest absolute Gasteiger partial charge is 0.493 e. The SMILES string of the molecule is C.CCCCCCCCCCCCCCCCCCNCCO[C@@H]1C[C@@H]2c3cc(OC)c(OC)cc3CCN2C[C@H]1CCCCC.CCCCC[C@@H]1CN2CCc3cc(OC)c(OC)cc3[C@H]2C[C@H]1OCCOS(=O)(=O)c1ccc(C)cc1.CCCCC[C@@H]1CN2CCc3cc(OC)c(OC)cc3[C@H]2C[C@H]1OCC[18F]. The van der Waals surface area contributed by atoms with Crippen molar-refractivity contribution in [2.45, 2.75) is 302 Å². The molecule has 3 saturated heterocycles. The molecule has 624 valence electrons. The van der Waals surface area contributed by atoms with Gasteiger partial charge in [-0.2, -0.15) is 8.42 Å². The number of halogens is 1. The number of unbranched alkanes of at least 4 members (excludes halogenated alkanes) is 21. The predicted molar refractivity (Wildman–Crippen MR) is 448 cm³/mol. The van der Waals surface area contributed by atoms with E-state index in [1.807, 2.05) is 6.92 Å². The number of benzene rings is 4. The van der Waals surface area contributed by atoms with Crippen LogP contribution in [0, 0.1) is 24.7 Å². The molecule has 6 aliphatic rings. The van der Waals surface area contributed by atoms with Gasteiger partial charge in [-0.05, 0) is 177 Å². The van der Waals surface area contributed by atoms with Gasteiger partial charge < -0.3 is 47.9 Å². The number of hydrogen-bond donors (Lipinski definition) is 1. The molecule has 1 N–H and O–H groups in total. The van der Waals surface area contributed by atoms with Gasteiger partial charge in [-0.15, -0.1) is 0 Å². The molecule has 9 atom stereocenters. The van der Waals surface area contributed by atoms with Crippen LogP contribution in [0.1, 0.15) is 291 Å². The standard InChI is InChI=1S/C40H72N2O3.C29H41NO6S.C22H34FNO3.CH4/c1-5-7-9-10-11-12-13-14-15-16-17-18-19-20-21-23-26-41-27-29-45-38-32-37-36-31-40(44-4)39(43-3)30-34(36)25-28-42(37)33-35(38)24-22-8-6-2;1-5-6-7-8-23-20-30-14-13-22-17-28(33-3)29(34-4)18-25(22)26(30)19-27(23)35-15-16-36-37(31,32)24-11-9-21(2)10-12-24;1-4-5-6-7-17-15-24-10-8-16-12-21(25-2)22(26-3)13-18(16)19(24)14-20(17)27-11-9-23;/h30-31,35,37-38,41H,5-29,32-33H2,1-4H3;9-12,17-18,23,26-27H,5-8,13-16,19-20H2,1-4H3;12-13,17,19-20H,4-11,14-15H2,1-3H3;1H4/t35-,37-,38-;23-,26-,27-;17-,19-,20-;/m111./s1/i;;23-1;. The maximum absolute atomic E-state index is 12.8. The highest BCUT2D eigenvalue weighted by Gasteiger charge is 2.43. The zero-order valence-corrected chi connectivity index (χ0v) is 70.5. The van der Waals surface area contributed by atoms with E-state index in [4.69, 9.17) is 46.8 Å². The molecule has 6 aliphatic heterocycles. The van der Waals surface area contributed by atoms with Gasteiger partial charge in [0, 0.05) is 63.9 Å². The summed E-state index contributed by atoms with van der Waals surface area (Å²) >= 11 is 0. The summed E-state index contributed by atoms with van der Waals surface area (Å²) in [4.78, 5) is 8.08. The summed E-state index contributed by atoms with van der Waals surface area (Å²) in [5, 5.41) is 3.68. The smallest absolute Gasteiger partial charge is 0.297 e. The first-order chi connectivity index (χ1) is 53.3. The Morgan fingerprint density at radius 3 is 1.06 bits per heavy atom. The van der Waals surface area contributed by atoms with Crippen molar-refractivity contribution in [3.8, 4) is 34.5 Å². The minimum Gasteiger partial charge on any atom is -0.493 e. The Labute approximate surface area is 667 Å². The zero-order chi connectivity index (χ0) is 77.6. The van der Waals surface area contributed by atoms with E-state index in [1.54, 1.807) is 66.9 Å². The first kappa shape index (κ1) is 92.4. The van der Waals surface area contributed by atoms with E-state index in [1.165, 1.54) is 207 Å². The average Bonchev–Trinajstić information content (AvgIpc) is 0.777. The van der Waals surface area contributed by atoms with E-state index in [-0.39, 0.29) is 50.4 Å². The van der Waals surface area contributed by atoms with Crippen LogP contribution in [-0.2, 0) is 47.8 Å². The van der Waals surface area contributed by atoms with E-state index >= 15 is 0 Å². The summed E-state index contributed by atoms with van der Waals surface area (Å²) in [6.45, 7) is 20.3. The normalized spacial score (nSPS) is 21.5. The quantitative estimate of drug-likeness (QED) is 0.0330. The average molecular weight is 1560 g/mol. The summed E-state index contributed by atoms with van der Waals surface area (Å²) in [5.74, 6) is 6.34. The van der Waals surface area contributed by atoms with E-state index in [0.29, 0.717) is 35.9 Å². The van der Waals surface area contributed by atoms with Crippen molar-refractivity contribution in [3.63, 3.8) is 0 Å². The number of ether oxygens (including phenoxy) is 9. The van der Waals surface area contributed by atoms with Crippen LogP contribution in [0.3, 0.4) is 0 Å². The summed E-state index contributed by atoms with van der Waals surface area (Å²) in [5.41, 5.74) is 9.07. The lowest BCUT2D eigenvalue weighted by molar-refractivity contribution is -0.0669. The van der Waals surface area contributed by atoms with Gasteiger partial charge in [0.25, 0.3) is 10.1 Å². The molecule has 0 aromatic heterocycles. The van der Waals surface area contributed by atoms with Crippen molar-refractivity contribution in [2.75, 3.05) is 128 Å². The Balaban J connectivity index is 0.000000235. The number of hydrogen-bond acceptors (Lipinski definition) is 16. The fraction of sp³-hybridized carbons (Fsp3) is 0.739. The Bertz CT molecular complexity index is 3290. The predicted octanol–water partition coefficient (Wildman–Crippen LogP) is 20.9. The number of aryl methyl sites for hydroxylation is 1. The van der Waals surface area contributed by atoms with Crippen LogP contribution in [-0.4, -0.2) is 170 Å². The summed E-state index contributed by atoms with van der Waals surface area (Å²) in [6, 6.07) is 20.6. The highest BCUT2D eigenvalue weighted by Crippen LogP contribution is 2.48. The fourth-order valence-electron chi connectivity index (χ4n) is 18.1. The Morgan fingerprint density at radius 1 is 0.400 bits per heavy atom. The first-order valence-electron chi connectivity index (χ1n) is 43.3. The van der Waals surface area contributed by atoms with Crippen LogP contribution in [0.4, 0.5) is 4.39 Å². The summed E-state index contributed by atoms with van der Waals surface area (Å²) in [6.07, 6.45) is 44.1. The van der Waals surface area contributed by atoms with Gasteiger partial charge >= 0.3 is 0 Å². The highest BCUT2D eigenvalue weighted by molar-refractivity contribution is 7.86. The molecule has 4 aromatic rings. The third kappa shape index (κ3) is 28.3. The van der Waals surface area contributed by atoms with Crippen LogP contribution in [0.25, 0.3) is 0 Å². The second-order valence-electron chi connectivity index (χ2n) is 32.0. The van der Waals surface area contributed by atoms with Crippen molar-refractivity contribution >= 4 is 10.1 Å². The number of nitrogens with one attached hydrogen (secondary N) is 1. The lowest BCUT2D eigenvalue weighted by Crippen LogP contribution is -2.49. The number of methoxy groups -OCH3 is 6. The lowest BCUT2D eigenvalue weighted by Gasteiger charge is -2.47. The number of rotatable bonds is 48. The molecule has 3 fully saturated rings. The molecular formula is C92H151FN4O12S. The van der Waals surface area contributed by atoms with E-state index in [2.05, 4.69) is 84.1 Å². The fourth-order valence-corrected chi connectivity index (χ4v) is 19.0. The van der Waals surface area contributed by atoms with Crippen molar-refractivity contribution in [3.05, 3.63) is 99.6 Å². The highest BCUT2D eigenvalue weighted by atomic mass is 32.2. The molecular weight excluding hydrogens is 1400 g/mol.